The smallest absolute Gasteiger partial charge is 0.343 e. The fourth-order valence-corrected chi connectivity index (χ4v) is 2.89. The molecule has 3 aromatic carbocycles. The quantitative estimate of drug-likeness (QED) is 0.408. The van der Waals surface area contributed by atoms with E-state index in [4.69, 9.17) is 21.1 Å². The second kappa shape index (κ2) is 7.52. The molecule has 4 rings (SSSR count). The van der Waals surface area contributed by atoms with Crippen LogP contribution in [0.1, 0.15) is 11.1 Å². The van der Waals surface area contributed by atoms with Gasteiger partial charge in [0.25, 0.3) is 0 Å². The summed E-state index contributed by atoms with van der Waals surface area (Å²) < 4.78 is 11.2. The highest BCUT2D eigenvalue weighted by atomic mass is 35.5. The molecular formula is C23H15ClO3. The lowest BCUT2D eigenvalue weighted by molar-refractivity contribution is -0.130. The monoisotopic (exact) mass is 374 g/mol. The van der Waals surface area contributed by atoms with E-state index in [-0.39, 0.29) is 0 Å². The molecule has 3 aromatic rings. The maximum absolute atomic E-state index is 12.2. The van der Waals surface area contributed by atoms with Gasteiger partial charge in [-0.05, 0) is 60.2 Å². The predicted octanol–water partition coefficient (Wildman–Crippen LogP) is 6.11. The number of hydrogen-bond donors (Lipinski definition) is 0. The van der Waals surface area contributed by atoms with Gasteiger partial charge in [-0.15, -0.1) is 0 Å². The summed E-state index contributed by atoms with van der Waals surface area (Å²) in [7, 11) is 0. The second-order valence-corrected chi connectivity index (χ2v) is 6.37. The summed E-state index contributed by atoms with van der Waals surface area (Å²) in [6.45, 7) is 0. The van der Waals surface area contributed by atoms with Crippen molar-refractivity contribution in [3.05, 3.63) is 107 Å². The third-order valence-electron chi connectivity index (χ3n) is 4.06. The van der Waals surface area contributed by atoms with Crippen molar-refractivity contribution in [3.63, 3.8) is 0 Å². The first kappa shape index (κ1) is 17.1. The fourth-order valence-electron chi connectivity index (χ4n) is 2.70. The predicted molar refractivity (Wildman–Crippen MR) is 106 cm³/mol. The Morgan fingerprint density at radius 1 is 0.815 bits per heavy atom. The highest BCUT2D eigenvalue weighted by Crippen LogP contribution is 2.30. The van der Waals surface area contributed by atoms with E-state index < -0.39 is 5.97 Å². The Morgan fingerprint density at radius 2 is 1.48 bits per heavy atom. The molecule has 4 heteroatoms. The normalized spacial score (nSPS) is 14.8. The Balaban J connectivity index is 1.55. The van der Waals surface area contributed by atoms with Gasteiger partial charge in [0.15, 0.2) is 0 Å². The number of carbonyl (C=O) groups is 1. The number of carbonyl (C=O) groups excluding carboxylic acids is 1. The van der Waals surface area contributed by atoms with Crippen molar-refractivity contribution in [2.75, 3.05) is 0 Å². The van der Waals surface area contributed by atoms with Gasteiger partial charge >= 0.3 is 5.97 Å². The molecule has 27 heavy (non-hydrogen) atoms. The van der Waals surface area contributed by atoms with Gasteiger partial charge < -0.3 is 9.47 Å². The lowest BCUT2D eigenvalue weighted by Gasteiger charge is -2.06. The number of cyclic esters (lactones) is 1. The lowest BCUT2D eigenvalue weighted by atomic mass is 10.1. The van der Waals surface area contributed by atoms with Crippen LogP contribution in [0.3, 0.4) is 0 Å². The van der Waals surface area contributed by atoms with Crippen LogP contribution in [-0.2, 0) is 9.53 Å². The fraction of sp³-hybridized carbons (Fsp3) is 0. The van der Waals surface area contributed by atoms with Gasteiger partial charge in [-0.3, -0.25) is 0 Å². The molecule has 0 aliphatic carbocycles. The number of benzene rings is 3. The standard InChI is InChI=1S/C23H15ClO3/c24-21-9-5-4-6-17(21)14-18-15-22(27-23(18)25)16-10-12-20(13-11-16)26-19-7-2-1-3-8-19/h1-15H/b18-14+. The van der Waals surface area contributed by atoms with Gasteiger partial charge in [0.2, 0.25) is 0 Å². The van der Waals surface area contributed by atoms with E-state index in [0.29, 0.717) is 22.1 Å². The van der Waals surface area contributed by atoms with E-state index >= 15 is 0 Å². The van der Waals surface area contributed by atoms with Crippen LogP contribution in [0.2, 0.25) is 5.02 Å². The minimum absolute atomic E-state index is 0.394. The molecule has 1 aliphatic heterocycles. The number of esters is 1. The molecule has 0 fully saturated rings. The Kier molecular flexibility index (Phi) is 4.77. The van der Waals surface area contributed by atoms with Crippen LogP contribution in [0.5, 0.6) is 11.5 Å². The minimum atomic E-state index is -0.394. The molecule has 0 spiro atoms. The van der Waals surface area contributed by atoms with Crippen LogP contribution in [-0.4, -0.2) is 5.97 Å². The number of ether oxygens (including phenoxy) is 2. The molecule has 0 aromatic heterocycles. The van der Waals surface area contributed by atoms with Gasteiger partial charge in [0.1, 0.15) is 17.3 Å². The number of hydrogen-bond acceptors (Lipinski definition) is 3. The van der Waals surface area contributed by atoms with Gasteiger partial charge in [0, 0.05) is 10.6 Å². The van der Waals surface area contributed by atoms with Crippen molar-refractivity contribution in [3.8, 4) is 11.5 Å². The molecule has 0 unspecified atom stereocenters. The van der Waals surface area contributed by atoms with Crippen molar-refractivity contribution < 1.29 is 14.3 Å². The molecule has 0 atom stereocenters. The van der Waals surface area contributed by atoms with Crippen molar-refractivity contribution in [1.29, 1.82) is 0 Å². The van der Waals surface area contributed by atoms with Crippen LogP contribution >= 0.6 is 11.6 Å². The molecule has 0 radical (unpaired) electrons. The van der Waals surface area contributed by atoms with Crippen LogP contribution in [0.25, 0.3) is 11.8 Å². The number of halogens is 1. The molecule has 0 N–H and O–H groups in total. The molecule has 3 nitrogen and oxygen atoms in total. The van der Waals surface area contributed by atoms with Crippen LogP contribution < -0.4 is 4.74 Å². The van der Waals surface area contributed by atoms with Crippen LogP contribution in [0.15, 0.2) is 90.5 Å². The Hall–Kier alpha value is -3.30. The van der Waals surface area contributed by atoms with E-state index in [9.17, 15) is 4.79 Å². The van der Waals surface area contributed by atoms with Crippen molar-refractivity contribution in [2.24, 2.45) is 0 Å². The third-order valence-corrected chi connectivity index (χ3v) is 4.40. The van der Waals surface area contributed by atoms with E-state index in [0.717, 1.165) is 16.9 Å². The average Bonchev–Trinajstić information content (AvgIpc) is 3.05. The summed E-state index contributed by atoms with van der Waals surface area (Å²) in [5, 5.41) is 0.585. The van der Waals surface area contributed by atoms with Crippen molar-refractivity contribution in [2.45, 2.75) is 0 Å². The first-order valence-electron chi connectivity index (χ1n) is 8.42. The van der Waals surface area contributed by atoms with Crippen LogP contribution in [0, 0.1) is 0 Å². The van der Waals surface area contributed by atoms with Crippen molar-refractivity contribution in [1.82, 2.24) is 0 Å². The topological polar surface area (TPSA) is 35.5 Å². The van der Waals surface area contributed by atoms with E-state index in [2.05, 4.69) is 0 Å². The zero-order valence-electron chi connectivity index (χ0n) is 14.3. The number of para-hydroxylation sites is 1. The third kappa shape index (κ3) is 3.94. The summed E-state index contributed by atoms with van der Waals surface area (Å²) in [5.41, 5.74) is 2.03. The molecule has 1 heterocycles. The second-order valence-electron chi connectivity index (χ2n) is 5.96. The Bertz CT molecular complexity index is 1030. The van der Waals surface area contributed by atoms with Crippen LogP contribution in [0.4, 0.5) is 0 Å². The SMILES string of the molecule is O=C1OC(c2ccc(Oc3ccccc3)cc2)=C/C1=C\c1ccccc1Cl. The van der Waals surface area contributed by atoms with Gasteiger partial charge in [-0.2, -0.15) is 0 Å². The summed E-state index contributed by atoms with van der Waals surface area (Å²) >= 11 is 6.16. The molecule has 1 aliphatic rings. The van der Waals surface area contributed by atoms with Gasteiger partial charge in [-0.25, -0.2) is 4.79 Å². The first-order valence-corrected chi connectivity index (χ1v) is 8.80. The molecule has 0 amide bonds. The summed E-state index contributed by atoms with van der Waals surface area (Å²) in [6.07, 6.45) is 3.45. The van der Waals surface area contributed by atoms with E-state index in [1.807, 2.05) is 72.8 Å². The zero-order chi connectivity index (χ0) is 18.6. The summed E-state index contributed by atoms with van der Waals surface area (Å²) in [4.78, 5) is 12.2. The zero-order valence-corrected chi connectivity index (χ0v) is 15.0. The Morgan fingerprint density at radius 3 is 2.22 bits per heavy atom. The highest BCUT2D eigenvalue weighted by Gasteiger charge is 2.22. The van der Waals surface area contributed by atoms with Gasteiger partial charge in [0.05, 0.1) is 5.57 Å². The first-order chi connectivity index (χ1) is 13.2. The molecule has 0 saturated carbocycles. The molecule has 0 saturated heterocycles. The number of rotatable bonds is 4. The summed E-state index contributed by atoms with van der Waals surface area (Å²) in [6, 6.07) is 24.3. The maximum Gasteiger partial charge on any atom is 0.343 e. The molecule has 132 valence electrons. The molecular weight excluding hydrogens is 360 g/mol. The summed E-state index contributed by atoms with van der Waals surface area (Å²) in [5.74, 6) is 1.59. The van der Waals surface area contributed by atoms with E-state index in [1.165, 1.54) is 0 Å². The van der Waals surface area contributed by atoms with Crippen molar-refractivity contribution >= 4 is 29.4 Å². The van der Waals surface area contributed by atoms with E-state index in [1.54, 1.807) is 18.2 Å². The molecule has 0 bridgehead atoms. The largest absolute Gasteiger partial charge is 0.457 e. The lowest BCUT2D eigenvalue weighted by Crippen LogP contribution is -1.97. The average molecular weight is 375 g/mol. The highest BCUT2D eigenvalue weighted by molar-refractivity contribution is 6.32. The van der Waals surface area contributed by atoms with Gasteiger partial charge in [-0.1, -0.05) is 48.0 Å². The Labute approximate surface area is 162 Å². The minimum Gasteiger partial charge on any atom is -0.457 e. The maximum atomic E-state index is 12.2.